The van der Waals surface area contributed by atoms with Crippen molar-refractivity contribution in [1.82, 2.24) is 9.21 Å². The van der Waals surface area contributed by atoms with E-state index < -0.39 is 22.2 Å². The second kappa shape index (κ2) is 7.83. The Labute approximate surface area is 163 Å². The minimum Gasteiger partial charge on any atom is -0.435 e. The molecule has 0 radical (unpaired) electrons. The van der Waals surface area contributed by atoms with Gasteiger partial charge in [0.15, 0.2) is 0 Å². The molecule has 1 unspecified atom stereocenters. The quantitative estimate of drug-likeness (QED) is 0.696. The van der Waals surface area contributed by atoms with E-state index in [0.29, 0.717) is 25.6 Å². The molecule has 3 aliphatic heterocycles. The van der Waals surface area contributed by atoms with Crippen molar-refractivity contribution in [2.45, 2.75) is 23.5 Å². The molecule has 0 bridgehead atoms. The number of hydrogen-bond acceptors (Lipinski definition) is 6. The molecule has 1 atom stereocenters. The molecule has 28 heavy (non-hydrogen) atoms. The Balaban J connectivity index is 1.43. The molecule has 0 aliphatic carbocycles. The van der Waals surface area contributed by atoms with E-state index in [4.69, 9.17) is 9.47 Å². The maximum absolute atomic E-state index is 13.0. The maximum Gasteiger partial charge on any atom is 0.387 e. The molecule has 0 saturated carbocycles. The van der Waals surface area contributed by atoms with Crippen LogP contribution in [0.5, 0.6) is 5.75 Å². The van der Waals surface area contributed by atoms with Crippen LogP contribution in [-0.4, -0.2) is 82.4 Å². The molecule has 4 rings (SSSR count). The van der Waals surface area contributed by atoms with Crippen LogP contribution < -0.4 is 4.74 Å². The third-order valence-corrected chi connectivity index (χ3v) is 7.38. The van der Waals surface area contributed by atoms with Gasteiger partial charge in [0.25, 0.3) is 0 Å². The molecule has 10 heteroatoms. The van der Waals surface area contributed by atoms with E-state index in [1.807, 2.05) is 0 Å². The predicted molar refractivity (Wildman–Crippen MR) is 95.9 cm³/mol. The Morgan fingerprint density at radius 1 is 1.18 bits per heavy atom. The summed E-state index contributed by atoms with van der Waals surface area (Å²) in [7, 11) is -3.73. The Morgan fingerprint density at radius 3 is 2.57 bits per heavy atom. The minimum atomic E-state index is -3.73. The van der Waals surface area contributed by atoms with E-state index in [1.165, 1.54) is 28.6 Å². The van der Waals surface area contributed by atoms with Gasteiger partial charge in [0.1, 0.15) is 5.75 Å². The molecule has 0 aromatic heterocycles. The number of rotatable bonds is 6. The van der Waals surface area contributed by atoms with Crippen molar-refractivity contribution in [3.63, 3.8) is 0 Å². The zero-order valence-electron chi connectivity index (χ0n) is 15.4. The highest BCUT2D eigenvalue weighted by Crippen LogP contribution is 2.33. The Morgan fingerprint density at radius 2 is 1.93 bits per heavy atom. The molecule has 1 spiro atoms. The van der Waals surface area contributed by atoms with Gasteiger partial charge in [-0.25, -0.2) is 8.42 Å². The highest BCUT2D eigenvalue weighted by Gasteiger charge is 2.46. The third-order valence-electron chi connectivity index (χ3n) is 5.52. The lowest BCUT2D eigenvalue weighted by atomic mass is 10.0. The molecule has 0 N–H and O–H groups in total. The third kappa shape index (κ3) is 4.16. The van der Waals surface area contributed by atoms with Gasteiger partial charge in [0, 0.05) is 38.6 Å². The van der Waals surface area contributed by atoms with E-state index in [1.54, 1.807) is 0 Å². The Kier molecular flexibility index (Phi) is 5.58. The van der Waals surface area contributed by atoms with Crippen LogP contribution in [0.4, 0.5) is 8.78 Å². The lowest BCUT2D eigenvalue weighted by Gasteiger charge is -2.40. The fraction of sp³-hybridized carbons (Fsp3) is 0.667. The van der Waals surface area contributed by atoms with Crippen LogP contribution in [0.2, 0.25) is 0 Å². The van der Waals surface area contributed by atoms with E-state index in [0.717, 1.165) is 32.7 Å². The first-order valence-corrected chi connectivity index (χ1v) is 10.8. The van der Waals surface area contributed by atoms with Crippen LogP contribution in [0.15, 0.2) is 29.2 Å². The van der Waals surface area contributed by atoms with Gasteiger partial charge in [-0.05, 0) is 30.7 Å². The first kappa shape index (κ1) is 20.0. The molecule has 7 nitrogen and oxygen atoms in total. The fourth-order valence-electron chi connectivity index (χ4n) is 4.04. The van der Waals surface area contributed by atoms with Gasteiger partial charge in [0.2, 0.25) is 10.0 Å². The van der Waals surface area contributed by atoms with Crippen LogP contribution in [0.3, 0.4) is 0 Å². The van der Waals surface area contributed by atoms with Crippen molar-refractivity contribution in [2.24, 2.45) is 5.92 Å². The van der Waals surface area contributed by atoms with Gasteiger partial charge in [-0.3, -0.25) is 4.90 Å². The summed E-state index contributed by atoms with van der Waals surface area (Å²) in [6, 6.07) is 5.08. The van der Waals surface area contributed by atoms with Crippen molar-refractivity contribution >= 4 is 10.0 Å². The van der Waals surface area contributed by atoms with Gasteiger partial charge < -0.3 is 14.2 Å². The molecule has 3 saturated heterocycles. The first-order chi connectivity index (χ1) is 13.4. The number of morpholine rings is 1. The van der Waals surface area contributed by atoms with Crippen molar-refractivity contribution in [3.8, 4) is 5.75 Å². The number of halogens is 2. The summed E-state index contributed by atoms with van der Waals surface area (Å²) >= 11 is 0. The maximum atomic E-state index is 13.0. The number of sulfonamides is 1. The molecular weight excluding hydrogens is 394 g/mol. The van der Waals surface area contributed by atoms with Gasteiger partial charge in [0.05, 0.1) is 30.3 Å². The summed E-state index contributed by atoms with van der Waals surface area (Å²) in [5.41, 5.74) is -0.491. The fourth-order valence-corrected chi connectivity index (χ4v) is 5.54. The summed E-state index contributed by atoms with van der Waals surface area (Å²) in [5.74, 6) is 0.478. The van der Waals surface area contributed by atoms with E-state index in [2.05, 4.69) is 9.64 Å². The van der Waals surface area contributed by atoms with Crippen molar-refractivity contribution < 1.29 is 31.4 Å². The van der Waals surface area contributed by atoms with Crippen LogP contribution >= 0.6 is 0 Å². The molecule has 1 aromatic rings. The van der Waals surface area contributed by atoms with Crippen LogP contribution in [-0.2, 0) is 19.5 Å². The summed E-state index contributed by atoms with van der Waals surface area (Å²) in [4.78, 5) is 2.38. The zero-order chi connectivity index (χ0) is 19.8. The molecule has 3 fully saturated rings. The van der Waals surface area contributed by atoms with E-state index >= 15 is 0 Å². The van der Waals surface area contributed by atoms with Gasteiger partial charge in [-0.1, -0.05) is 0 Å². The van der Waals surface area contributed by atoms with Crippen LogP contribution in [0.25, 0.3) is 0 Å². The molecule has 0 amide bonds. The number of hydrogen-bond donors (Lipinski definition) is 0. The van der Waals surface area contributed by atoms with Crippen LogP contribution in [0.1, 0.15) is 6.42 Å². The van der Waals surface area contributed by atoms with Crippen molar-refractivity contribution in [1.29, 1.82) is 0 Å². The monoisotopic (exact) mass is 418 g/mol. The number of benzene rings is 1. The summed E-state index contributed by atoms with van der Waals surface area (Å²) in [6.07, 6.45) is 0.785. The average Bonchev–Trinajstić information content (AvgIpc) is 3.00. The Hall–Kier alpha value is -1.33. The molecule has 1 aromatic carbocycles. The second-order valence-electron chi connectivity index (χ2n) is 7.61. The molecule has 156 valence electrons. The topological polar surface area (TPSA) is 68.3 Å². The normalized spacial score (nSPS) is 27.4. The van der Waals surface area contributed by atoms with Crippen molar-refractivity contribution in [2.75, 3.05) is 52.5 Å². The van der Waals surface area contributed by atoms with E-state index in [-0.39, 0.29) is 17.2 Å². The Bertz CT molecular complexity index is 788. The predicted octanol–water partition coefficient (Wildman–Crippen LogP) is 1.40. The van der Waals surface area contributed by atoms with Crippen LogP contribution in [0, 0.1) is 5.92 Å². The highest BCUT2D eigenvalue weighted by atomic mass is 32.2. The standard InChI is InChI=1S/C18H24F2N2O5S/c19-17(20)27-15-1-3-16(4-2-15)28(23,24)22-7-8-26-18(13-22)5-6-21(12-18)9-14-10-25-11-14/h1-4,14,17H,5-13H2. The summed E-state index contributed by atoms with van der Waals surface area (Å²) < 4.78 is 67.6. The van der Waals surface area contributed by atoms with Gasteiger partial charge >= 0.3 is 6.61 Å². The number of alkyl halides is 2. The largest absolute Gasteiger partial charge is 0.435 e. The SMILES string of the molecule is O=S(=O)(c1ccc(OC(F)F)cc1)N1CCOC2(CCN(CC3COC3)C2)C1. The minimum absolute atomic E-state index is 0.0626. The smallest absolute Gasteiger partial charge is 0.387 e. The number of ether oxygens (including phenoxy) is 3. The zero-order valence-corrected chi connectivity index (χ0v) is 16.2. The average molecular weight is 418 g/mol. The second-order valence-corrected chi connectivity index (χ2v) is 9.55. The lowest BCUT2D eigenvalue weighted by molar-refractivity contribution is -0.0861. The highest BCUT2D eigenvalue weighted by molar-refractivity contribution is 7.89. The molecule has 3 heterocycles. The first-order valence-electron chi connectivity index (χ1n) is 9.35. The van der Waals surface area contributed by atoms with Gasteiger partial charge in [-0.15, -0.1) is 0 Å². The summed E-state index contributed by atoms with van der Waals surface area (Å²) in [6.45, 7) is 2.07. The molecular formula is C18H24F2N2O5S. The number of likely N-dealkylation sites (tertiary alicyclic amines) is 1. The molecule has 3 aliphatic rings. The number of nitrogens with zero attached hydrogens (tertiary/aromatic N) is 2. The summed E-state index contributed by atoms with van der Waals surface area (Å²) in [5, 5.41) is 0. The van der Waals surface area contributed by atoms with Gasteiger partial charge in [-0.2, -0.15) is 13.1 Å². The lowest BCUT2D eigenvalue weighted by Crippen LogP contribution is -2.55. The van der Waals surface area contributed by atoms with E-state index in [9.17, 15) is 17.2 Å². The van der Waals surface area contributed by atoms with Crippen molar-refractivity contribution in [3.05, 3.63) is 24.3 Å².